The van der Waals surface area contributed by atoms with Gasteiger partial charge in [-0.15, -0.1) is 0 Å². The molecule has 0 aliphatic carbocycles. The molecule has 2 aliphatic heterocycles. The molecule has 2 heterocycles. The van der Waals surface area contributed by atoms with Crippen LogP contribution in [0.1, 0.15) is 25.0 Å². The maximum atomic E-state index is 13.3. The van der Waals surface area contributed by atoms with E-state index in [4.69, 9.17) is 0 Å². The van der Waals surface area contributed by atoms with Crippen LogP contribution in [0, 0.1) is 5.82 Å². The minimum absolute atomic E-state index is 0.220. The normalized spacial score (nSPS) is 22.6. The van der Waals surface area contributed by atoms with Gasteiger partial charge in [0.25, 0.3) is 0 Å². The molecule has 0 radical (unpaired) electrons. The van der Waals surface area contributed by atoms with E-state index in [2.05, 4.69) is 32.3 Å². The summed E-state index contributed by atoms with van der Waals surface area (Å²) in [5, 5.41) is 13.6. The Morgan fingerprint density at radius 2 is 2.20 bits per heavy atom. The van der Waals surface area contributed by atoms with Crippen LogP contribution in [-0.2, 0) is 0 Å². The van der Waals surface area contributed by atoms with Gasteiger partial charge in [-0.05, 0) is 31.0 Å². The summed E-state index contributed by atoms with van der Waals surface area (Å²) in [6, 6.07) is 6.62. The van der Waals surface area contributed by atoms with Gasteiger partial charge in [0.15, 0.2) is 5.96 Å². The molecule has 25 heavy (non-hydrogen) atoms. The molecule has 1 aromatic rings. The summed E-state index contributed by atoms with van der Waals surface area (Å²) in [6.07, 6.45) is 4.76. The van der Waals surface area contributed by atoms with Crippen LogP contribution in [0.3, 0.4) is 0 Å². The lowest BCUT2D eigenvalue weighted by atomic mass is 10.1. The quantitative estimate of drug-likeness (QED) is 0.485. The highest BCUT2D eigenvalue weighted by atomic mass is 19.1. The average Bonchev–Trinajstić information content (AvgIpc) is 3.29. The third kappa shape index (κ3) is 4.58. The van der Waals surface area contributed by atoms with E-state index in [1.54, 1.807) is 12.1 Å². The number of nitrogens with zero attached hydrogens (tertiary/aromatic N) is 3. The van der Waals surface area contributed by atoms with Gasteiger partial charge in [0.2, 0.25) is 0 Å². The van der Waals surface area contributed by atoms with Crippen molar-refractivity contribution < 1.29 is 9.50 Å². The van der Waals surface area contributed by atoms with E-state index in [1.165, 1.54) is 12.1 Å². The molecule has 2 unspecified atom stereocenters. The van der Waals surface area contributed by atoms with Crippen molar-refractivity contribution in [3.8, 4) is 0 Å². The molecule has 136 valence electrons. The van der Waals surface area contributed by atoms with Gasteiger partial charge in [-0.1, -0.05) is 24.3 Å². The minimum Gasteiger partial charge on any atom is -0.386 e. The molecule has 1 fully saturated rings. The summed E-state index contributed by atoms with van der Waals surface area (Å²) in [5.41, 5.74) is 0.557. The summed E-state index contributed by atoms with van der Waals surface area (Å²) in [4.78, 5) is 9.32. The zero-order valence-corrected chi connectivity index (χ0v) is 14.7. The summed E-state index contributed by atoms with van der Waals surface area (Å²) >= 11 is 0. The molecule has 1 saturated heterocycles. The van der Waals surface area contributed by atoms with Gasteiger partial charge in [-0.3, -0.25) is 9.89 Å². The Balaban J connectivity index is 1.61. The molecule has 1 aromatic carbocycles. The third-order valence-electron chi connectivity index (χ3n) is 4.81. The molecular weight excluding hydrogens is 319 g/mol. The number of aliphatic imine (C=N–C) groups is 1. The van der Waals surface area contributed by atoms with Crippen molar-refractivity contribution in [3.05, 3.63) is 47.8 Å². The number of aliphatic hydroxyl groups is 1. The zero-order valence-electron chi connectivity index (χ0n) is 14.7. The number of nitrogens with one attached hydrogen (secondary N) is 1. The van der Waals surface area contributed by atoms with Gasteiger partial charge in [0.05, 0.1) is 12.6 Å². The van der Waals surface area contributed by atoms with E-state index in [0.717, 1.165) is 45.1 Å². The van der Waals surface area contributed by atoms with Crippen LogP contribution >= 0.6 is 0 Å². The number of halogens is 1. The second-order valence-electron chi connectivity index (χ2n) is 6.58. The molecule has 0 aromatic heterocycles. The number of benzene rings is 1. The molecular formula is C19H27FN4O. The van der Waals surface area contributed by atoms with E-state index in [1.807, 2.05) is 6.92 Å². The molecule has 2 aliphatic rings. The largest absolute Gasteiger partial charge is 0.386 e. The predicted molar refractivity (Wildman–Crippen MR) is 98.0 cm³/mol. The second-order valence-corrected chi connectivity index (χ2v) is 6.58. The van der Waals surface area contributed by atoms with E-state index in [9.17, 15) is 9.50 Å². The first-order valence-corrected chi connectivity index (χ1v) is 9.03. The topological polar surface area (TPSA) is 51.1 Å². The Morgan fingerprint density at radius 1 is 1.40 bits per heavy atom. The van der Waals surface area contributed by atoms with Gasteiger partial charge in [0.1, 0.15) is 5.82 Å². The minimum atomic E-state index is -0.800. The molecule has 0 saturated carbocycles. The Labute approximate surface area is 148 Å². The summed E-state index contributed by atoms with van der Waals surface area (Å²) in [6.45, 7) is 7.01. The number of hydrogen-bond donors (Lipinski definition) is 2. The first-order valence-electron chi connectivity index (χ1n) is 9.03. The predicted octanol–water partition coefficient (Wildman–Crippen LogP) is 1.77. The standard InChI is InChI=1S/C19H27FN4O/c1-2-21-19(22-13-18(25)15-6-5-7-16(20)12-15)24-11-8-17(14-24)23-9-3-4-10-23/h3-7,12,17-18,25H,2,8-11,13-14H2,1H3,(H,21,22). The second kappa shape index (κ2) is 8.45. The van der Waals surface area contributed by atoms with Crippen LogP contribution in [0.2, 0.25) is 0 Å². The first kappa shape index (κ1) is 17.9. The Morgan fingerprint density at radius 3 is 2.92 bits per heavy atom. The summed E-state index contributed by atoms with van der Waals surface area (Å²) < 4.78 is 13.3. The molecule has 6 heteroatoms. The number of aliphatic hydroxyl groups excluding tert-OH is 1. The highest BCUT2D eigenvalue weighted by Crippen LogP contribution is 2.19. The fraction of sp³-hybridized carbons (Fsp3) is 0.526. The van der Waals surface area contributed by atoms with Gasteiger partial charge < -0.3 is 15.3 Å². The number of hydrogen-bond acceptors (Lipinski definition) is 3. The monoisotopic (exact) mass is 346 g/mol. The van der Waals surface area contributed by atoms with Crippen LogP contribution in [0.5, 0.6) is 0 Å². The van der Waals surface area contributed by atoms with E-state index in [0.29, 0.717) is 11.6 Å². The van der Waals surface area contributed by atoms with Crippen LogP contribution in [-0.4, -0.2) is 66.2 Å². The van der Waals surface area contributed by atoms with Crippen molar-refractivity contribution in [2.45, 2.75) is 25.5 Å². The third-order valence-corrected chi connectivity index (χ3v) is 4.81. The Bertz CT molecular complexity index is 626. The average molecular weight is 346 g/mol. The lowest BCUT2D eigenvalue weighted by Gasteiger charge is -2.25. The van der Waals surface area contributed by atoms with Crippen molar-refractivity contribution in [3.63, 3.8) is 0 Å². The summed E-state index contributed by atoms with van der Waals surface area (Å²) in [5.74, 6) is 0.488. The highest BCUT2D eigenvalue weighted by molar-refractivity contribution is 5.80. The molecule has 2 N–H and O–H groups in total. The first-order chi connectivity index (χ1) is 12.2. The Hall–Kier alpha value is -1.92. The van der Waals surface area contributed by atoms with Crippen molar-refractivity contribution in [1.82, 2.24) is 15.1 Å². The fourth-order valence-corrected chi connectivity index (χ4v) is 3.44. The molecule has 3 rings (SSSR count). The number of rotatable bonds is 5. The Kier molecular flexibility index (Phi) is 6.04. The van der Waals surface area contributed by atoms with Gasteiger partial charge in [-0.2, -0.15) is 0 Å². The zero-order chi connectivity index (χ0) is 17.6. The van der Waals surface area contributed by atoms with Crippen LogP contribution in [0.25, 0.3) is 0 Å². The lowest BCUT2D eigenvalue weighted by molar-refractivity contribution is 0.186. The van der Waals surface area contributed by atoms with E-state index in [-0.39, 0.29) is 12.4 Å². The molecule has 0 bridgehead atoms. The summed E-state index contributed by atoms with van der Waals surface area (Å²) in [7, 11) is 0. The van der Waals surface area contributed by atoms with E-state index < -0.39 is 6.10 Å². The van der Waals surface area contributed by atoms with Gasteiger partial charge in [0, 0.05) is 38.8 Å². The van der Waals surface area contributed by atoms with Crippen molar-refractivity contribution >= 4 is 5.96 Å². The van der Waals surface area contributed by atoms with Gasteiger partial charge >= 0.3 is 0 Å². The molecule has 5 nitrogen and oxygen atoms in total. The SMILES string of the molecule is CCNC(=NCC(O)c1cccc(F)c1)N1CCC(N2CC=CC2)C1. The smallest absolute Gasteiger partial charge is 0.194 e. The van der Waals surface area contributed by atoms with Crippen molar-refractivity contribution in [2.24, 2.45) is 4.99 Å². The van der Waals surface area contributed by atoms with Crippen LogP contribution < -0.4 is 5.32 Å². The molecule has 2 atom stereocenters. The number of likely N-dealkylation sites (tertiary alicyclic amines) is 1. The van der Waals surface area contributed by atoms with E-state index >= 15 is 0 Å². The lowest BCUT2D eigenvalue weighted by Crippen LogP contribution is -2.43. The highest BCUT2D eigenvalue weighted by Gasteiger charge is 2.29. The fourth-order valence-electron chi connectivity index (χ4n) is 3.44. The van der Waals surface area contributed by atoms with Crippen molar-refractivity contribution in [1.29, 1.82) is 0 Å². The maximum Gasteiger partial charge on any atom is 0.194 e. The molecule has 0 spiro atoms. The van der Waals surface area contributed by atoms with Crippen LogP contribution in [0.15, 0.2) is 41.4 Å². The number of guanidine groups is 1. The van der Waals surface area contributed by atoms with Crippen molar-refractivity contribution in [2.75, 3.05) is 39.3 Å². The molecule has 0 amide bonds. The van der Waals surface area contributed by atoms with Gasteiger partial charge in [-0.25, -0.2) is 4.39 Å². The van der Waals surface area contributed by atoms with Crippen LogP contribution in [0.4, 0.5) is 4.39 Å². The maximum absolute atomic E-state index is 13.3.